The van der Waals surface area contributed by atoms with E-state index in [1.807, 2.05) is 18.2 Å². The lowest BCUT2D eigenvalue weighted by Gasteiger charge is -2.49. The molecule has 0 amide bonds. The minimum Gasteiger partial charge on any atom is -0.493 e. The third kappa shape index (κ3) is 5.44. The molecule has 4 aliphatic heterocycles. The molecule has 2 saturated heterocycles. The van der Waals surface area contributed by atoms with E-state index in [1.165, 1.54) is 11.1 Å². The van der Waals surface area contributed by atoms with Crippen molar-refractivity contribution in [1.29, 1.82) is 0 Å². The van der Waals surface area contributed by atoms with Gasteiger partial charge in [-0.05, 0) is 78.4 Å². The second-order valence-corrected chi connectivity index (χ2v) is 14.8. The van der Waals surface area contributed by atoms with E-state index in [-0.39, 0.29) is 22.4 Å². The molecule has 2 spiro atoms. The van der Waals surface area contributed by atoms with Crippen molar-refractivity contribution in [1.82, 2.24) is 0 Å². The highest BCUT2D eigenvalue weighted by Crippen LogP contribution is 2.58. The molecule has 8 nitrogen and oxygen atoms in total. The molecule has 2 aromatic rings. The Morgan fingerprint density at radius 1 is 0.667 bits per heavy atom. The molecule has 0 aromatic heterocycles. The Labute approximate surface area is 275 Å². The largest absolute Gasteiger partial charge is 0.493 e. The van der Waals surface area contributed by atoms with Crippen LogP contribution in [-0.2, 0) is 29.8 Å². The standard InChI is InChI=1S/C18H24BrNO3.C18H25NO3/c1-2-17-4-5-18(22-7-8-23-18)11-12(17)3-6-21-16-10-15(20)14(19)9-13(16)17;1-2-17-6-7-18(21-9-10-22-18)12-13(17)5-8-20-16-11-14(19)3-4-15(16)17/h9-10,12H,2-8,11,20H2,1H3;3-4,11,13H,2,5-10,12,19H2,1H3/t12-,17+;13-,17+/m00/s1. The first-order chi connectivity index (χ1) is 21.8. The number of rotatable bonds is 2. The summed E-state index contributed by atoms with van der Waals surface area (Å²) in [5.41, 5.74) is 16.5. The minimum absolute atomic E-state index is 0.128. The minimum atomic E-state index is -0.348. The molecule has 45 heavy (non-hydrogen) atoms. The molecule has 4 heterocycles. The molecular weight excluding hydrogens is 636 g/mol. The summed E-state index contributed by atoms with van der Waals surface area (Å²) >= 11 is 3.60. The van der Waals surface area contributed by atoms with Crippen LogP contribution < -0.4 is 20.9 Å². The van der Waals surface area contributed by atoms with Gasteiger partial charge in [-0.1, -0.05) is 19.9 Å². The van der Waals surface area contributed by atoms with Crippen molar-refractivity contribution in [3.63, 3.8) is 0 Å². The van der Waals surface area contributed by atoms with Crippen molar-refractivity contribution < 1.29 is 28.4 Å². The monoisotopic (exact) mass is 684 g/mol. The number of benzene rings is 2. The molecular formula is C36H49BrN2O6. The first-order valence-electron chi connectivity index (χ1n) is 17.1. The smallest absolute Gasteiger partial charge is 0.168 e. The molecule has 4 N–H and O–H groups in total. The van der Waals surface area contributed by atoms with E-state index in [0.29, 0.717) is 11.8 Å². The summed E-state index contributed by atoms with van der Waals surface area (Å²) in [6.45, 7) is 8.98. The Bertz CT molecular complexity index is 1390. The van der Waals surface area contributed by atoms with E-state index in [9.17, 15) is 0 Å². The van der Waals surface area contributed by atoms with Crippen LogP contribution in [0.5, 0.6) is 11.5 Å². The number of nitrogen functional groups attached to an aromatic ring is 2. The van der Waals surface area contributed by atoms with Crippen LogP contribution in [0.25, 0.3) is 0 Å². The normalized spacial score (nSPS) is 32.4. The predicted octanol–water partition coefficient (Wildman–Crippen LogP) is 7.25. The van der Waals surface area contributed by atoms with Gasteiger partial charge in [0.2, 0.25) is 0 Å². The third-order valence-corrected chi connectivity index (χ3v) is 12.8. The van der Waals surface area contributed by atoms with E-state index < -0.39 is 0 Å². The Hall–Kier alpha value is -2.04. The zero-order chi connectivity index (χ0) is 31.3. The number of fused-ring (bicyclic) bond motifs is 6. The number of ether oxygens (including phenoxy) is 6. The van der Waals surface area contributed by atoms with Crippen LogP contribution in [0.3, 0.4) is 0 Å². The van der Waals surface area contributed by atoms with E-state index in [1.54, 1.807) is 0 Å². The lowest BCUT2D eigenvalue weighted by Crippen LogP contribution is -2.48. The average molecular weight is 686 g/mol. The van der Waals surface area contributed by atoms with Crippen molar-refractivity contribution in [2.45, 2.75) is 100 Å². The molecule has 0 unspecified atom stereocenters. The zero-order valence-corrected chi connectivity index (χ0v) is 28.4. The fourth-order valence-electron chi connectivity index (χ4n) is 9.65. The maximum absolute atomic E-state index is 6.08. The highest BCUT2D eigenvalue weighted by atomic mass is 79.9. The summed E-state index contributed by atoms with van der Waals surface area (Å²) in [5.74, 6) is 2.30. The summed E-state index contributed by atoms with van der Waals surface area (Å²) in [5, 5.41) is 0. The fraction of sp³-hybridized carbons (Fsp3) is 0.667. The van der Waals surface area contributed by atoms with Gasteiger partial charge in [0.05, 0.1) is 39.6 Å². The van der Waals surface area contributed by atoms with E-state index >= 15 is 0 Å². The first-order valence-corrected chi connectivity index (χ1v) is 17.9. The Kier molecular flexibility index (Phi) is 8.56. The number of nitrogens with two attached hydrogens (primary N) is 2. The highest BCUT2D eigenvalue weighted by molar-refractivity contribution is 9.10. The lowest BCUT2D eigenvalue weighted by atomic mass is 9.59. The molecule has 6 aliphatic rings. The van der Waals surface area contributed by atoms with Gasteiger partial charge in [-0.15, -0.1) is 0 Å². The van der Waals surface area contributed by atoms with Crippen molar-refractivity contribution in [3.05, 3.63) is 45.9 Å². The van der Waals surface area contributed by atoms with Gasteiger partial charge in [-0.3, -0.25) is 0 Å². The molecule has 8 rings (SSSR count). The van der Waals surface area contributed by atoms with Crippen LogP contribution in [0.4, 0.5) is 11.4 Å². The van der Waals surface area contributed by atoms with Crippen molar-refractivity contribution in [3.8, 4) is 11.5 Å². The van der Waals surface area contributed by atoms with Gasteiger partial charge < -0.3 is 39.9 Å². The molecule has 2 aliphatic carbocycles. The molecule has 4 fully saturated rings. The second kappa shape index (κ2) is 12.2. The van der Waals surface area contributed by atoms with Crippen LogP contribution in [0.1, 0.15) is 89.2 Å². The molecule has 0 radical (unpaired) electrons. The average Bonchev–Trinajstić information content (AvgIpc) is 3.63. The van der Waals surface area contributed by atoms with Crippen molar-refractivity contribution >= 4 is 27.3 Å². The lowest BCUT2D eigenvalue weighted by molar-refractivity contribution is -0.199. The maximum Gasteiger partial charge on any atom is 0.168 e. The molecule has 246 valence electrons. The van der Waals surface area contributed by atoms with E-state index in [2.05, 4.69) is 41.9 Å². The van der Waals surface area contributed by atoms with E-state index in [4.69, 9.17) is 39.9 Å². The summed E-state index contributed by atoms with van der Waals surface area (Å²) < 4.78 is 37.0. The van der Waals surface area contributed by atoms with Crippen molar-refractivity contribution in [2.75, 3.05) is 51.1 Å². The van der Waals surface area contributed by atoms with Gasteiger partial charge in [-0.2, -0.15) is 0 Å². The molecule has 9 heteroatoms. The predicted molar refractivity (Wildman–Crippen MR) is 178 cm³/mol. The third-order valence-electron chi connectivity index (χ3n) is 12.1. The molecule has 0 bridgehead atoms. The highest BCUT2D eigenvalue weighted by Gasteiger charge is 2.54. The first kappa shape index (κ1) is 31.6. The zero-order valence-electron chi connectivity index (χ0n) is 26.8. The second-order valence-electron chi connectivity index (χ2n) is 13.9. The van der Waals surface area contributed by atoms with Crippen LogP contribution in [0.2, 0.25) is 0 Å². The van der Waals surface area contributed by atoms with Crippen LogP contribution >= 0.6 is 15.9 Å². The Morgan fingerprint density at radius 2 is 1.18 bits per heavy atom. The van der Waals surface area contributed by atoms with Gasteiger partial charge in [0.1, 0.15) is 11.5 Å². The molecule has 4 atom stereocenters. The molecule has 2 aromatic carbocycles. The summed E-state index contributed by atoms with van der Waals surface area (Å²) in [6.07, 6.45) is 10.3. The van der Waals surface area contributed by atoms with Gasteiger partial charge >= 0.3 is 0 Å². The quantitative estimate of drug-likeness (QED) is 0.319. The summed E-state index contributed by atoms with van der Waals surface area (Å²) in [6, 6.07) is 10.3. The van der Waals surface area contributed by atoms with Crippen LogP contribution in [0.15, 0.2) is 34.8 Å². The number of hydrogen-bond acceptors (Lipinski definition) is 8. The number of halogens is 1. The summed E-state index contributed by atoms with van der Waals surface area (Å²) in [4.78, 5) is 0. The Morgan fingerprint density at radius 3 is 1.71 bits per heavy atom. The number of hydrogen-bond donors (Lipinski definition) is 2. The van der Waals surface area contributed by atoms with Gasteiger partial charge in [0.25, 0.3) is 0 Å². The summed E-state index contributed by atoms with van der Waals surface area (Å²) in [7, 11) is 0. The van der Waals surface area contributed by atoms with Gasteiger partial charge in [-0.25, -0.2) is 0 Å². The number of anilines is 2. The van der Waals surface area contributed by atoms with Gasteiger partial charge in [0, 0.05) is 75.6 Å². The van der Waals surface area contributed by atoms with Crippen LogP contribution in [0, 0.1) is 11.8 Å². The van der Waals surface area contributed by atoms with Crippen molar-refractivity contribution in [2.24, 2.45) is 11.8 Å². The molecule has 2 saturated carbocycles. The van der Waals surface area contributed by atoms with Crippen LogP contribution in [-0.4, -0.2) is 51.2 Å². The SMILES string of the molecule is CC[C@@]12CCC3(C[C@@H]1CCOc1cc(N)c(Br)cc12)OCCO3.CC[C@@]12CCC3(C[C@@H]1CCOc1cc(N)ccc12)OCCO3. The Balaban J connectivity index is 0.000000145. The van der Waals surface area contributed by atoms with E-state index in [0.717, 1.165) is 131 Å². The fourth-order valence-corrected chi connectivity index (χ4v) is 9.99. The topological polar surface area (TPSA) is 107 Å². The van der Waals surface area contributed by atoms with Gasteiger partial charge in [0.15, 0.2) is 11.6 Å². The maximum atomic E-state index is 6.08.